The van der Waals surface area contributed by atoms with E-state index in [1.165, 1.54) is 4.90 Å². The van der Waals surface area contributed by atoms with Crippen molar-refractivity contribution in [1.82, 2.24) is 14.9 Å². The SMILES string of the molecule is Cc1cccc(NC(=O)Nc2cc(OCCN(C)C(=O)OC(C)(C)C)nc(N3CCOCC3)n2)c1. The molecule has 0 aliphatic carbocycles. The summed E-state index contributed by atoms with van der Waals surface area (Å²) in [6, 6.07) is 8.61. The molecule has 0 spiro atoms. The van der Waals surface area contributed by atoms with E-state index in [0.29, 0.717) is 50.3 Å². The summed E-state index contributed by atoms with van der Waals surface area (Å²) in [5.41, 5.74) is 1.13. The molecular formula is C24H34N6O5. The number of anilines is 3. The predicted molar refractivity (Wildman–Crippen MR) is 133 cm³/mol. The summed E-state index contributed by atoms with van der Waals surface area (Å²) in [6.07, 6.45) is -0.437. The Labute approximate surface area is 205 Å². The molecule has 0 bridgehead atoms. The number of carbonyl (C=O) groups excluding carboxylic acids is 2. The number of hydrogen-bond donors (Lipinski definition) is 2. The lowest BCUT2D eigenvalue weighted by Gasteiger charge is -2.27. The van der Waals surface area contributed by atoms with Crippen molar-refractivity contribution in [2.75, 3.05) is 62.0 Å². The minimum absolute atomic E-state index is 0.185. The van der Waals surface area contributed by atoms with Crippen LogP contribution in [-0.4, -0.2) is 79.1 Å². The summed E-state index contributed by atoms with van der Waals surface area (Å²) >= 11 is 0. The Hall–Kier alpha value is -3.60. The van der Waals surface area contributed by atoms with Crippen molar-refractivity contribution in [2.24, 2.45) is 0 Å². The third-order valence-electron chi connectivity index (χ3n) is 4.88. The van der Waals surface area contributed by atoms with Gasteiger partial charge in [0.2, 0.25) is 11.8 Å². The molecule has 3 amide bonds. The number of urea groups is 1. The van der Waals surface area contributed by atoms with Crippen molar-refractivity contribution in [3.63, 3.8) is 0 Å². The van der Waals surface area contributed by atoms with Gasteiger partial charge in [0.05, 0.1) is 19.8 Å². The van der Waals surface area contributed by atoms with Gasteiger partial charge in [-0.3, -0.25) is 5.32 Å². The maximum Gasteiger partial charge on any atom is 0.410 e. The van der Waals surface area contributed by atoms with Crippen LogP contribution in [0.4, 0.5) is 27.0 Å². The summed E-state index contributed by atoms with van der Waals surface area (Å²) in [7, 11) is 1.64. The van der Waals surface area contributed by atoms with Gasteiger partial charge in [-0.25, -0.2) is 9.59 Å². The molecule has 0 saturated carbocycles. The molecule has 2 aromatic rings. The molecule has 1 aromatic carbocycles. The average Bonchev–Trinajstić information content (AvgIpc) is 2.78. The van der Waals surface area contributed by atoms with E-state index < -0.39 is 17.7 Å². The zero-order valence-electron chi connectivity index (χ0n) is 21.0. The third kappa shape index (κ3) is 8.60. The zero-order valence-corrected chi connectivity index (χ0v) is 21.0. The molecule has 1 saturated heterocycles. The topological polar surface area (TPSA) is 118 Å². The number of morpholine rings is 1. The first-order chi connectivity index (χ1) is 16.6. The van der Waals surface area contributed by atoms with Gasteiger partial charge in [-0.05, 0) is 45.4 Å². The van der Waals surface area contributed by atoms with Crippen LogP contribution in [0.15, 0.2) is 30.3 Å². The largest absolute Gasteiger partial charge is 0.476 e. The summed E-state index contributed by atoms with van der Waals surface area (Å²) in [4.78, 5) is 37.1. The second-order valence-electron chi connectivity index (χ2n) is 9.19. The van der Waals surface area contributed by atoms with Crippen LogP contribution in [0, 0.1) is 6.92 Å². The van der Waals surface area contributed by atoms with Gasteiger partial charge in [-0.15, -0.1) is 0 Å². The quantitative estimate of drug-likeness (QED) is 0.610. The Morgan fingerprint density at radius 1 is 1.14 bits per heavy atom. The fourth-order valence-electron chi connectivity index (χ4n) is 3.18. The zero-order chi connectivity index (χ0) is 25.4. The summed E-state index contributed by atoms with van der Waals surface area (Å²) < 4.78 is 16.6. The molecular weight excluding hydrogens is 452 g/mol. The van der Waals surface area contributed by atoms with E-state index in [0.717, 1.165) is 5.56 Å². The summed E-state index contributed by atoms with van der Waals surface area (Å²) in [5, 5.41) is 5.55. The molecule has 35 heavy (non-hydrogen) atoms. The van der Waals surface area contributed by atoms with Crippen LogP contribution >= 0.6 is 0 Å². The minimum atomic E-state index is -0.578. The van der Waals surface area contributed by atoms with Gasteiger partial charge in [0, 0.05) is 31.9 Å². The van der Waals surface area contributed by atoms with Crippen molar-refractivity contribution >= 4 is 29.6 Å². The summed E-state index contributed by atoms with van der Waals surface area (Å²) in [6.45, 7) is 10.2. The highest BCUT2D eigenvalue weighted by molar-refractivity contribution is 5.99. The highest BCUT2D eigenvalue weighted by Crippen LogP contribution is 2.21. The molecule has 2 N–H and O–H groups in total. The smallest absolute Gasteiger partial charge is 0.410 e. The van der Waals surface area contributed by atoms with Crippen LogP contribution in [0.2, 0.25) is 0 Å². The van der Waals surface area contributed by atoms with Gasteiger partial charge in [0.1, 0.15) is 18.0 Å². The van der Waals surface area contributed by atoms with E-state index in [2.05, 4.69) is 20.6 Å². The maximum absolute atomic E-state index is 12.6. The molecule has 0 atom stereocenters. The van der Waals surface area contributed by atoms with Crippen LogP contribution in [0.1, 0.15) is 26.3 Å². The molecule has 0 radical (unpaired) electrons. The van der Waals surface area contributed by atoms with Crippen LogP contribution in [-0.2, 0) is 9.47 Å². The Bertz CT molecular complexity index is 1020. The molecule has 1 fully saturated rings. The van der Waals surface area contributed by atoms with Crippen molar-refractivity contribution in [3.05, 3.63) is 35.9 Å². The predicted octanol–water partition coefficient (Wildman–Crippen LogP) is 3.51. The second-order valence-corrected chi connectivity index (χ2v) is 9.19. The Kier molecular flexibility index (Phi) is 8.69. The van der Waals surface area contributed by atoms with Gasteiger partial charge >= 0.3 is 12.1 Å². The number of benzene rings is 1. The molecule has 0 unspecified atom stereocenters. The fraction of sp³-hybridized carbons (Fsp3) is 0.500. The number of aromatic nitrogens is 2. The van der Waals surface area contributed by atoms with E-state index in [4.69, 9.17) is 14.2 Å². The first kappa shape index (κ1) is 26.0. The molecule has 11 nitrogen and oxygen atoms in total. The van der Waals surface area contributed by atoms with Gasteiger partial charge in [0.25, 0.3) is 0 Å². The number of amides is 3. The normalized spacial score (nSPS) is 13.7. The first-order valence-electron chi connectivity index (χ1n) is 11.5. The molecule has 190 valence electrons. The van der Waals surface area contributed by atoms with Crippen molar-refractivity contribution < 1.29 is 23.8 Å². The lowest BCUT2D eigenvalue weighted by Crippen LogP contribution is -2.37. The standard InChI is InChI=1S/C24H34N6O5/c1-17-7-6-8-18(15-17)25-22(31)27-19-16-20(28-21(26-19)30-10-12-33-13-11-30)34-14-9-29(5)23(32)35-24(2,3)4/h6-8,15-16H,9-14H2,1-5H3,(H2,25,26,27,28,31). The van der Waals surface area contributed by atoms with Crippen LogP contribution in [0.25, 0.3) is 0 Å². The van der Waals surface area contributed by atoms with Crippen LogP contribution in [0.5, 0.6) is 5.88 Å². The monoisotopic (exact) mass is 486 g/mol. The van der Waals surface area contributed by atoms with Gasteiger partial charge in [-0.2, -0.15) is 9.97 Å². The number of rotatable bonds is 7. The molecule has 1 aromatic heterocycles. The van der Waals surface area contributed by atoms with Gasteiger partial charge in [-0.1, -0.05) is 12.1 Å². The Morgan fingerprint density at radius 2 is 1.89 bits per heavy atom. The third-order valence-corrected chi connectivity index (χ3v) is 4.88. The van der Waals surface area contributed by atoms with E-state index in [1.54, 1.807) is 19.2 Å². The summed E-state index contributed by atoms with van der Waals surface area (Å²) in [5.74, 6) is 1.00. The highest BCUT2D eigenvalue weighted by Gasteiger charge is 2.20. The molecule has 1 aliphatic rings. The molecule has 11 heteroatoms. The number of nitrogens with one attached hydrogen (secondary N) is 2. The number of aryl methyl sites for hydroxylation is 1. The van der Waals surface area contributed by atoms with Crippen LogP contribution < -0.4 is 20.3 Å². The van der Waals surface area contributed by atoms with E-state index in [-0.39, 0.29) is 12.5 Å². The van der Waals surface area contributed by atoms with Gasteiger partial charge in [0.15, 0.2) is 0 Å². The highest BCUT2D eigenvalue weighted by atomic mass is 16.6. The number of likely N-dealkylation sites (N-methyl/N-ethyl adjacent to an activating group) is 1. The Balaban J connectivity index is 1.67. The number of carbonyl (C=O) groups is 2. The number of ether oxygens (including phenoxy) is 3. The van der Waals surface area contributed by atoms with E-state index in [1.807, 2.05) is 50.8 Å². The average molecular weight is 487 g/mol. The van der Waals surface area contributed by atoms with Crippen LogP contribution in [0.3, 0.4) is 0 Å². The van der Waals surface area contributed by atoms with E-state index >= 15 is 0 Å². The maximum atomic E-state index is 12.6. The van der Waals surface area contributed by atoms with Crippen molar-refractivity contribution in [1.29, 1.82) is 0 Å². The number of hydrogen-bond acceptors (Lipinski definition) is 8. The second kappa shape index (κ2) is 11.7. The van der Waals surface area contributed by atoms with Gasteiger partial charge < -0.3 is 29.3 Å². The Morgan fingerprint density at radius 3 is 2.57 bits per heavy atom. The van der Waals surface area contributed by atoms with E-state index in [9.17, 15) is 9.59 Å². The molecule has 1 aliphatic heterocycles. The lowest BCUT2D eigenvalue weighted by molar-refractivity contribution is 0.0277. The number of nitrogens with zero attached hydrogens (tertiary/aromatic N) is 4. The molecule has 2 heterocycles. The molecule has 3 rings (SSSR count). The van der Waals surface area contributed by atoms with Crippen molar-refractivity contribution in [2.45, 2.75) is 33.3 Å². The fourth-order valence-corrected chi connectivity index (χ4v) is 3.18. The van der Waals surface area contributed by atoms with Crippen molar-refractivity contribution in [3.8, 4) is 5.88 Å². The minimum Gasteiger partial charge on any atom is -0.476 e. The first-order valence-corrected chi connectivity index (χ1v) is 11.5. The lowest BCUT2D eigenvalue weighted by atomic mass is 10.2.